The van der Waals surface area contributed by atoms with Gasteiger partial charge in [-0.05, 0) is 75.0 Å². The molecule has 0 unspecified atom stereocenters. The van der Waals surface area contributed by atoms with Crippen LogP contribution in [0.3, 0.4) is 0 Å². The number of rotatable bonds is 8. The highest BCUT2D eigenvalue weighted by Crippen LogP contribution is 2.29. The van der Waals surface area contributed by atoms with Crippen molar-refractivity contribution in [3.8, 4) is 0 Å². The molecule has 0 bridgehead atoms. The number of amidine groups is 1. The molecule has 2 fully saturated rings. The zero-order valence-electron chi connectivity index (χ0n) is 18.4. The number of hydrogen-bond acceptors (Lipinski definition) is 4. The molecule has 0 aromatic heterocycles. The highest BCUT2D eigenvalue weighted by Gasteiger charge is 2.32. The fourth-order valence-electron chi connectivity index (χ4n) is 4.94. The second kappa shape index (κ2) is 11.3. The van der Waals surface area contributed by atoms with Crippen molar-refractivity contribution in [1.82, 2.24) is 10.6 Å². The second-order valence-electron chi connectivity index (χ2n) is 9.21. The van der Waals surface area contributed by atoms with Gasteiger partial charge in [0.05, 0.1) is 0 Å². The van der Waals surface area contributed by atoms with Gasteiger partial charge in [0.1, 0.15) is 11.9 Å². The van der Waals surface area contributed by atoms with Gasteiger partial charge in [-0.15, -0.1) is 0 Å². The van der Waals surface area contributed by atoms with Crippen molar-refractivity contribution in [2.24, 2.45) is 29.2 Å². The second-order valence-corrected chi connectivity index (χ2v) is 9.21. The molecule has 7 nitrogen and oxygen atoms in total. The van der Waals surface area contributed by atoms with Crippen LogP contribution in [0.4, 0.5) is 0 Å². The van der Waals surface area contributed by atoms with Gasteiger partial charge >= 0.3 is 0 Å². The summed E-state index contributed by atoms with van der Waals surface area (Å²) in [5.41, 5.74) is 12.3. The third-order valence-electron chi connectivity index (χ3n) is 6.99. The van der Waals surface area contributed by atoms with E-state index in [1.54, 1.807) is 24.3 Å². The number of nitrogens with two attached hydrogens (primary N) is 2. The standard InChI is InChI=1S/C24H37N5O2/c25-14-16-9-11-17(12-10-16)15-28-24(31)21(18-5-2-1-3-6-18)29-23(30)20-8-4-7-19(13-20)22(26)27/h4,7-8,13,16-18,21H,1-3,5-6,9-12,14-15,25H2,(H3,26,27)(H,28,31)(H,29,30)/t16?,17?,21-/m1/s1. The average Bonchev–Trinajstić information content (AvgIpc) is 2.81. The van der Waals surface area contributed by atoms with E-state index in [-0.39, 0.29) is 23.6 Å². The highest BCUT2D eigenvalue weighted by molar-refractivity contribution is 6.01. The predicted octanol–water partition coefficient (Wildman–Crippen LogP) is 2.53. The fraction of sp³-hybridized carbons (Fsp3) is 0.625. The van der Waals surface area contributed by atoms with Gasteiger partial charge in [-0.1, -0.05) is 31.4 Å². The third-order valence-corrected chi connectivity index (χ3v) is 6.99. The molecule has 2 aliphatic carbocycles. The summed E-state index contributed by atoms with van der Waals surface area (Å²) in [6.07, 6.45) is 9.73. The van der Waals surface area contributed by atoms with Gasteiger partial charge in [-0.2, -0.15) is 0 Å². The minimum absolute atomic E-state index is 0.0797. The van der Waals surface area contributed by atoms with Gasteiger partial charge in [0.25, 0.3) is 5.91 Å². The van der Waals surface area contributed by atoms with Crippen LogP contribution in [0.1, 0.15) is 73.7 Å². The van der Waals surface area contributed by atoms with Crippen LogP contribution in [0, 0.1) is 23.2 Å². The van der Waals surface area contributed by atoms with Crippen LogP contribution < -0.4 is 22.1 Å². The summed E-state index contributed by atoms with van der Waals surface area (Å²) in [6.45, 7) is 1.41. The van der Waals surface area contributed by atoms with Crippen molar-refractivity contribution in [1.29, 1.82) is 5.41 Å². The predicted molar refractivity (Wildman–Crippen MR) is 123 cm³/mol. The lowest BCUT2D eigenvalue weighted by atomic mass is 9.81. The van der Waals surface area contributed by atoms with Crippen LogP contribution in [0.5, 0.6) is 0 Å². The molecular weight excluding hydrogens is 390 g/mol. The van der Waals surface area contributed by atoms with Gasteiger partial charge < -0.3 is 22.1 Å². The Balaban J connectivity index is 1.63. The third kappa shape index (κ3) is 6.53. The number of nitrogens with one attached hydrogen (secondary N) is 3. The van der Waals surface area contributed by atoms with Crippen molar-refractivity contribution >= 4 is 17.6 Å². The molecule has 0 radical (unpaired) electrons. The summed E-state index contributed by atoms with van der Waals surface area (Å²) in [5.74, 6) is 0.803. The summed E-state index contributed by atoms with van der Waals surface area (Å²) in [6, 6.07) is 6.16. The van der Waals surface area contributed by atoms with E-state index >= 15 is 0 Å². The first kappa shape index (κ1) is 23.3. The molecule has 0 saturated heterocycles. The number of benzene rings is 1. The van der Waals surface area contributed by atoms with Crippen molar-refractivity contribution < 1.29 is 9.59 Å². The Morgan fingerprint density at radius 3 is 2.29 bits per heavy atom. The zero-order chi connectivity index (χ0) is 22.2. The Morgan fingerprint density at radius 1 is 1.00 bits per heavy atom. The maximum atomic E-state index is 13.1. The van der Waals surface area contributed by atoms with E-state index in [4.69, 9.17) is 16.9 Å². The Morgan fingerprint density at radius 2 is 1.65 bits per heavy atom. The molecule has 1 atom stereocenters. The van der Waals surface area contributed by atoms with Crippen LogP contribution in [-0.4, -0.2) is 36.8 Å². The van der Waals surface area contributed by atoms with Crippen LogP contribution >= 0.6 is 0 Å². The first-order valence-electron chi connectivity index (χ1n) is 11.7. The molecule has 1 aromatic carbocycles. The summed E-state index contributed by atoms with van der Waals surface area (Å²) in [7, 11) is 0. The monoisotopic (exact) mass is 427 g/mol. The average molecular weight is 428 g/mol. The molecule has 0 heterocycles. The number of carbonyl (C=O) groups is 2. The molecule has 31 heavy (non-hydrogen) atoms. The van der Waals surface area contributed by atoms with E-state index < -0.39 is 6.04 Å². The summed E-state index contributed by atoms with van der Waals surface area (Å²) < 4.78 is 0. The molecule has 7 N–H and O–H groups in total. The topological polar surface area (TPSA) is 134 Å². The largest absolute Gasteiger partial charge is 0.384 e. The van der Waals surface area contributed by atoms with Gasteiger partial charge in [0.15, 0.2) is 0 Å². The van der Waals surface area contributed by atoms with E-state index in [0.717, 1.165) is 57.9 Å². The Kier molecular flexibility index (Phi) is 8.46. The molecule has 1 aromatic rings. The van der Waals surface area contributed by atoms with Gasteiger partial charge in [0, 0.05) is 17.7 Å². The molecule has 2 amide bonds. The summed E-state index contributed by atoms with van der Waals surface area (Å²) >= 11 is 0. The van der Waals surface area contributed by atoms with Crippen LogP contribution in [0.25, 0.3) is 0 Å². The quantitative estimate of drug-likeness (QED) is 0.322. The van der Waals surface area contributed by atoms with E-state index in [2.05, 4.69) is 10.6 Å². The van der Waals surface area contributed by atoms with Gasteiger partial charge in [0.2, 0.25) is 5.91 Å². The first-order chi connectivity index (χ1) is 15.0. The Hall–Kier alpha value is -2.41. The molecule has 170 valence electrons. The molecule has 3 rings (SSSR count). The zero-order valence-corrected chi connectivity index (χ0v) is 18.4. The Bertz CT molecular complexity index is 767. The lowest BCUT2D eigenvalue weighted by Gasteiger charge is -2.32. The van der Waals surface area contributed by atoms with E-state index in [1.807, 2.05) is 0 Å². The number of amides is 2. The van der Waals surface area contributed by atoms with Gasteiger partial charge in [-0.25, -0.2) is 0 Å². The molecule has 7 heteroatoms. The number of hydrogen-bond donors (Lipinski definition) is 5. The highest BCUT2D eigenvalue weighted by atomic mass is 16.2. The molecule has 2 aliphatic rings. The molecule has 0 aliphatic heterocycles. The SMILES string of the molecule is N=C(N)c1cccc(C(=O)N[C@@H](C(=O)NCC2CCC(CN)CC2)C2CCCCC2)c1. The van der Waals surface area contributed by atoms with Crippen LogP contribution in [-0.2, 0) is 4.79 Å². The van der Waals surface area contributed by atoms with Crippen molar-refractivity contribution in [2.45, 2.75) is 63.8 Å². The van der Waals surface area contributed by atoms with Crippen molar-refractivity contribution in [2.75, 3.05) is 13.1 Å². The molecular formula is C24H37N5O2. The van der Waals surface area contributed by atoms with Crippen LogP contribution in [0.15, 0.2) is 24.3 Å². The molecule has 0 spiro atoms. The Labute approximate surface area is 185 Å². The van der Waals surface area contributed by atoms with Gasteiger partial charge in [-0.3, -0.25) is 15.0 Å². The smallest absolute Gasteiger partial charge is 0.251 e. The number of carbonyl (C=O) groups excluding carboxylic acids is 2. The minimum atomic E-state index is -0.533. The maximum Gasteiger partial charge on any atom is 0.251 e. The van der Waals surface area contributed by atoms with Crippen molar-refractivity contribution in [3.63, 3.8) is 0 Å². The lowest BCUT2D eigenvalue weighted by molar-refractivity contribution is -0.124. The first-order valence-corrected chi connectivity index (χ1v) is 11.7. The van der Waals surface area contributed by atoms with Crippen LogP contribution in [0.2, 0.25) is 0 Å². The minimum Gasteiger partial charge on any atom is -0.384 e. The maximum absolute atomic E-state index is 13.1. The van der Waals surface area contributed by atoms with Crippen molar-refractivity contribution in [3.05, 3.63) is 35.4 Å². The lowest BCUT2D eigenvalue weighted by Crippen LogP contribution is -2.52. The van der Waals surface area contributed by atoms with E-state index in [9.17, 15) is 9.59 Å². The normalized spacial score (nSPS) is 23.0. The fourth-order valence-corrected chi connectivity index (χ4v) is 4.94. The summed E-state index contributed by atoms with van der Waals surface area (Å²) in [5, 5.41) is 13.7. The molecule has 2 saturated carbocycles. The summed E-state index contributed by atoms with van der Waals surface area (Å²) in [4.78, 5) is 26.1. The number of nitrogen functional groups attached to an aromatic ring is 1. The van der Waals surface area contributed by atoms with E-state index in [1.165, 1.54) is 6.42 Å². The van der Waals surface area contributed by atoms with E-state index in [0.29, 0.717) is 29.5 Å².